The molecule has 0 aliphatic carbocycles. The second-order valence-corrected chi connectivity index (χ2v) is 3.62. The van der Waals surface area contributed by atoms with Gasteiger partial charge in [-0.25, -0.2) is 0 Å². The molecule has 0 amide bonds. The number of aryl methyl sites for hydroxylation is 1. The molecule has 0 aliphatic rings. The van der Waals surface area contributed by atoms with Crippen LogP contribution in [0, 0.1) is 0 Å². The molecule has 0 atom stereocenters. The number of nitrogens with zero attached hydrogens (tertiary/aromatic N) is 1. The number of methoxy groups -OCH3 is 1. The molecule has 1 rings (SSSR count). The summed E-state index contributed by atoms with van der Waals surface area (Å²) < 4.78 is 6.97. The van der Waals surface area contributed by atoms with Crippen LogP contribution in [0.5, 0.6) is 0 Å². The van der Waals surface area contributed by atoms with E-state index in [-0.39, 0.29) is 0 Å². The van der Waals surface area contributed by atoms with E-state index in [0.717, 1.165) is 13.1 Å². The van der Waals surface area contributed by atoms with Gasteiger partial charge >= 0.3 is 0 Å². The zero-order valence-corrected chi connectivity index (χ0v) is 9.93. The minimum Gasteiger partial charge on any atom is -0.383 e. The third-order valence-electron chi connectivity index (χ3n) is 2.07. The zero-order chi connectivity index (χ0) is 11.1. The SMILES string of the molecule is COCCNC(=S)NCc1cccn1C. The highest BCUT2D eigenvalue weighted by molar-refractivity contribution is 7.80. The Bertz CT molecular complexity index is 311. The van der Waals surface area contributed by atoms with Crippen LogP contribution in [-0.2, 0) is 18.3 Å². The maximum absolute atomic E-state index is 5.10. The topological polar surface area (TPSA) is 38.2 Å². The maximum Gasteiger partial charge on any atom is 0.166 e. The Balaban J connectivity index is 2.20. The number of aromatic nitrogens is 1. The number of rotatable bonds is 5. The first-order chi connectivity index (χ1) is 7.24. The molecule has 15 heavy (non-hydrogen) atoms. The summed E-state index contributed by atoms with van der Waals surface area (Å²) in [5.41, 5.74) is 1.20. The Hall–Kier alpha value is -1.07. The molecule has 0 spiro atoms. The van der Waals surface area contributed by atoms with Gasteiger partial charge in [-0.05, 0) is 24.4 Å². The molecule has 0 fully saturated rings. The van der Waals surface area contributed by atoms with Gasteiger partial charge in [0.15, 0.2) is 5.11 Å². The van der Waals surface area contributed by atoms with Gasteiger partial charge in [0.25, 0.3) is 0 Å². The Morgan fingerprint density at radius 3 is 2.93 bits per heavy atom. The number of ether oxygens (including phenoxy) is 1. The smallest absolute Gasteiger partial charge is 0.166 e. The lowest BCUT2D eigenvalue weighted by molar-refractivity contribution is 0.204. The summed E-state index contributed by atoms with van der Waals surface area (Å²) in [7, 11) is 3.68. The summed E-state index contributed by atoms with van der Waals surface area (Å²) in [5, 5.41) is 6.84. The summed E-state index contributed by atoms with van der Waals surface area (Å²) in [6.45, 7) is 2.13. The lowest BCUT2D eigenvalue weighted by Gasteiger charge is -2.10. The van der Waals surface area contributed by atoms with Crippen molar-refractivity contribution in [3.8, 4) is 0 Å². The van der Waals surface area contributed by atoms with Crippen molar-refractivity contribution < 1.29 is 4.74 Å². The highest BCUT2D eigenvalue weighted by Crippen LogP contribution is 1.97. The maximum atomic E-state index is 5.10. The molecule has 2 N–H and O–H groups in total. The molecule has 0 unspecified atom stereocenters. The molecule has 1 aromatic rings. The summed E-state index contributed by atoms with van der Waals surface area (Å²) >= 11 is 5.10. The van der Waals surface area contributed by atoms with Gasteiger partial charge in [-0.3, -0.25) is 0 Å². The molecular formula is C10H17N3OS. The molecule has 84 valence electrons. The van der Waals surface area contributed by atoms with Gasteiger partial charge in [0, 0.05) is 32.6 Å². The van der Waals surface area contributed by atoms with E-state index in [0.29, 0.717) is 11.7 Å². The third-order valence-corrected chi connectivity index (χ3v) is 2.36. The van der Waals surface area contributed by atoms with Crippen LogP contribution < -0.4 is 10.6 Å². The average molecular weight is 227 g/mol. The first kappa shape index (κ1) is 12.0. The Kier molecular flexibility index (Phi) is 5.14. The normalized spacial score (nSPS) is 10.0. The molecule has 1 aromatic heterocycles. The molecule has 0 bridgehead atoms. The summed E-state index contributed by atoms with van der Waals surface area (Å²) in [5.74, 6) is 0. The van der Waals surface area contributed by atoms with Crippen LogP contribution in [0.4, 0.5) is 0 Å². The molecule has 4 nitrogen and oxygen atoms in total. The molecule has 0 radical (unpaired) electrons. The summed E-state index contributed by atoms with van der Waals surface area (Å²) in [4.78, 5) is 0. The van der Waals surface area contributed by atoms with E-state index in [4.69, 9.17) is 17.0 Å². The minimum atomic E-state index is 0.659. The van der Waals surface area contributed by atoms with E-state index in [1.54, 1.807) is 7.11 Å². The lowest BCUT2D eigenvalue weighted by Crippen LogP contribution is -2.36. The predicted molar refractivity (Wildman–Crippen MR) is 64.7 cm³/mol. The molecular weight excluding hydrogens is 210 g/mol. The number of hydrogen-bond donors (Lipinski definition) is 2. The van der Waals surface area contributed by atoms with Gasteiger partial charge in [-0.2, -0.15) is 0 Å². The molecule has 0 aromatic carbocycles. The van der Waals surface area contributed by atoms with E-state index >= 15 is 0 Å². The van der Waals surface area contributed by atoms with Crippen molar-refractivity contribution in [2.75, 3.05) is 20.3 Å². The summed E-state index contributed by atoms with van der Waals surface area (Å²) in [6.07, 6.45) is 2.01. The van der Waals surface area contributed by atoms with Gasteiger partial charge in [0.05, 0.1) is 13.2 Å². The van der Waals surface area contributed by atoms with Crippen molar-refractivity contribution in [1.29, 1.82) is 0 Å². The van der Waals surface area contributed by atoms with E-state index in [1.165, 1.54) is 5.69 Å². The van der Waals surface area contributed by atoms with E-state index in [2.05, 4.69) is 21.3 Å². The van der Waals surface area contributed by atoms with Gasteiger partial charge in [0.2, 0.25) is 0 Å². The highest BCUT2D eigenvalue weighted by Gasteiger charge is 1.98. The Morgan fingerprint density at radius 2 is 2.33 bits per heavy atom. The van der Waals surface area contributed by atoms with Gasteiger partial charge < -0.3 is 19.9 Å². The molecule has 0 saturated heterocycles. The molecule has 5 heteroatoms. The second kappa shape index (κ2) is 6.42. The number of thiocarbonyl (C=S) groups is 1. The molecule has 0 aliphatic heterocycles. The fourth-order valence-electron chi connectivity index (χ4n) is 1.18. The van der Waals surface area contributed by atoms with Gasteiger partial charge in [-0.1, -0.05) is 0 Å². The van der Waals surface area contributed by atoms with Crippen molar-refractivity contribution in [3.63, 3.8) is 0 Å². The van der Waals surface area contributed by atoms with Gasteiger partial charge in [0.1, 0.15) is 0 Å². The van der Waals surface area contributed by atoms with E-state index in [1.807, 2.05) is 19.3 Å². The molecule has 1 heterocycles. The van der Waals surface area contributed by atoms with Crippen LogP contribution in [-0.4, -0.2) is 29.9 Å². The van der Waals surface area contributed by atoms with E-state index in [9.17, 15) is 0 Å². The van der Waals surface area contributed by atoms with Gasteiger partial charge in [-0.15, -0.1) is 0 Å². The van der Waals surface area contributed by atoms with E-state index < -0.39 is 0 Å². The monoisotopic (exact) mass is 227 g/mol. The number of nitrogens with one attached hydrogen (secondary N) is 2. The standard InChI is InChI=1S/C10H17N3OS/c1-13-6-3-4-9(13)8-12-10(15)11-5-7-14-2/h3-4,6H,5,7-8H2,1-2H3,(H2,11,12,15). The van der Waals surface area contributed by atoms with Crippen LogP contribution in [0.1, 0.15) is 5.69 Å². The van der Waals surface area contributed by atoms with Crippen molar-refractivity contribution in [3.05, 3.63) is 24.0 Å². The minimum absolute atomic E-state index is 0.659. The van der Waals surface area contributed by atoms with Crippen LogP contribution in [0.15, 0.2) is 18.3 Å². The van der Waals surface area contributed by atoms with Crippen molar-refractivity contribution in [1.82, 2.24) is 15.2 Å². The van der Waals surface area contributed by atoms with Crippen LogP contribution in [0.25, 0.3) is 0 Å². The lowest BCUT2D eigenvalue weighted by atomic mass is 10.4. The fourth-order valence-corrected chi connectivity index (χ4v) is 1.35. The third kappa shape index (κ3) is 4.31. The highest BCUT2D eigenvalue weighted by atomic mass is 32.1. The molecule has 0 saturated carbocycles. The second-order valence-electron chi connectivity index (χ2n) is 3.21. The van der Waals surface area contributed by atoms with Crippen molar-refractivity contribution in [2.45, 2.75) is 6.54 Å². The fraction of sp³-hybridized carbons (Fsp3) is 0.500. The largest absolute Gasteiger partial charge is 0.383 e. The first-order valence-electron chi connectivity index (χ1n) is 4.85. The zero-order valence-electron chi connectivity index (χ0n) is 9.12. The summed E-state index contributed by atoms with van der Waals surface area (Å²) in [6, 6.07) is 4.07. The predicted octanol–water partition coefficient (Wildman–Crippen LogP) is 0.636. The first-order valence-corrected chi connectivity index (χ1v) is 5.25. The quantitative estimate of drug-likeness (QED) is 0.572. The van der Waals surface area contributed by atoms with Crippen LogP contribution in [0.3, 0.4) is 0 Å². The Morgan fingerprint density at radius 1 is 1.53 bits per heavy atom. The van der Waals surface area contributed by atoms with Crippen molar-refractivity contribution >= 4 is 17.3 Å². The van der Waals surface area contributed by atoms with Crippen molar-refractivity contribution in [2.24, 2.45) is 7.05 Å². The van der Waals surface area contributed by atoms with Crippen LogP contribution >= 0.6 is 12.2 Å². The Labute approximate surface area is 95.6 Å². The average Bonchev–Trinajstić information content (AvgIpc) is 2.61. The van der Waals surface area contributed by atoms with Crippen LogP contribution in [0.2, 0.25) is 0 Å². The number of hydrogen-bond acceptors (Lipinski definition) is 2.